The van der Waals surface area contributed by atoms with E-state index in [0.29, 0.717) is 15.6 Å². The van der Waals surface area contributed by atoms with E-state index in [-0.39, 0.29) is 29.3 Å². The monoisotopic (exact) mass is 531 g/mol. The Kier molecular flexibility index (Phi) is 6.34. The fourth-order valence-electron chi connectivity index (χ4n) is 2.80. The van der Waals surface area contributed by atoms with E-state index in [1.807, 2.05) is 22.6 Å². The Morgan fingerprint density at radius 1 is 1.17 bits per heavy atom. The van der Waals surface area contributed by atoms with Gasteiger partial charge in [0.05, 0.1) is 23.5 Å². The zero-order chi connectivity index (χ0) is 22.1. The third kappa shape index (κ3) is 5.10. The highest BCUT2D eigenvalue weighted by Gasteiger charge is 2.27. The summed E-state index contributed by atoms with van der Waals surface area (Å²) in [7, 11) is 0. The van der Waals surface area contributed by atoms with Gasteiger partial charge in [0.25, 0.3) is 5.91 Å². The summed E-state index contributed by atoms with van der Waals surface area (Å²) in [6.07, 6.45) is -0.455. The van der Waals surface area contributed by atoms with Crippen LogP contribution in [0.15, 0.2) is 24.3 Å². The van der Waals surface area contributed by atoms with Crippen molar-refractivity contribution < 1.29 is 27.8 Å². The number of rotatable bonds is 3. The van der Waals surface area contributed by atoms with Gasteiger partial charge in [-0.15, -0.1) is 0 Å². The molecule has 10 heteroatoms. The molecule has 160 valence electrons. The molecule has 0 saturated heterocycles. The first-order valence-electron chi connectivity index (χ1n) is 9.05. The lowest BCUT2D eigenvalue weighted by Crippen LogP contribution is -2.44. The summed E-state index contributed by atoms with van der Waals surface area (Å²) in [5.74, 6) is -2.21. The molecule has 0 saturated carbocycles. The Bertz CT molecular complexity index is 1010. The molecule has 0 spiro atoms. The minimum absolute atomic E-state index is 0.0126. The highest BCUT2D eigenvalue weighted by atomic mass is 127. The largest absolute Gasteiger partial charge is 0.490 e. The molecule has 1 aliphatic rings. The van der Waals surface area contributed by atoms with Crippen LogP contribution in [0.3, 0.4) is 0 Å². The Morgan fingerprint density at radius 3 is 2.57 bits per heavy atom. The molecular formula is C20H20F2IN3O4. The molecule has 2 aromatic rings. The van der Waals surface area contributed by atoms with Crippen molar-refractivity contribution in [2.75, 3.05) is 11.9 Å². The van der Waals surface area contributed by atoms with Crippen LogP contribution in [-0.4, -0.2) is 24.2 Å². The molecule has 0 bridgehead atoms. The van der Waals surface area contributed by atoms with E-state index in [9.17, 15) is 14.0 Å². The number of fused-ring (bicyclic) bond motifs is 1. The van der Waals surface area contributed by atoms with Crippen LogP contribution >= 0.6 is 22.6 Å². The first-order valence-corrected chi connectivity index (χ1v) is 10.1. The maximum absolute atomic E-state index is 15.1. The third-order valence-electron chi connectivity index (χ3n) is 4.03. The number of anilines is 2. The van der Waals surface area contributed by atoms with Crippen molar-refractivity contribution >= 4 is 46.0 Å². The van der Waals surface area contributed by atoms with Crippen molar-refractivity contribution in [2.45, 2.75) is 32.8 Å². The minimum Gasteiger partial charge on any atom is -0.490 e. The molecule has 0 unspecified atom stereocenters. The normalized spacial score (nSPS) is 12.6. The van der Waals surface area contributed by atoms with Crippen molar-refractivity contribution in [3.05, 3.63) is 50.6 Å². The molecule has 30 heavy (non-hydrogen) atoms. The summed E-state index contributed by atoms with van der Waals surface area (Å²) in [4.78, 5) is 24.5. The number of hydrogen-bond acceptors (Lipinski definition) is 5. The number of amides is 2. The maximum Gasteiger partial charge on any atom is 0.426 e. The average Bonchev–Trinajstić information content (AvgIpc) is 3.11. The molecule has 0 aliphatic carbocycles. The fourth-order valence-corrected chi connectivity index (χ4v) is 3.25. The Labute approximate surface area is 185 Å². The molecule has 1 aliphatic heterocycles. The van der Waals surface area contributed by atoms with Gasteiger partial charge in [0.1, 0.15) is 11.4 Å². The van der Waals surface area contributed by atoms with Gasteiger partial charge in [-0.3, -0.25) is 10.2 Å². The van der Waals surface area contributed by atoms with E-state index in [0.717, 1.165) is 0 Å². The highest BCUT2D eigenvalue weighted by Crippen LogP contribution is 2.38. The standard InChI is InChI=1S/C20H20F2IN3O4/c1-20(2,3)30-19(28)26-25-18(27)12-8-10-6-7-29-17(10)15(22)16(12)24-14-5-4-11(23)9-13(14)21/h4-5,8-9,24H,6-7H2,1-3H3,(H,25,27)(H,26,28). The summed E-state index contributed by atoms with van der Waals surface area (Å²) >= 11 is 1.95. The number of carbonyl (C=O) groups is 2. The summed E-state index contributed by atoms with van der Waals surface area (Å²) in [5, 5.41) is 2.63. The van der Waals surface area contributed by atoms with Crippen LogP contribution in [0.5, 0.6) is 5.75 Å². The quantitative estimate of drug-likeness (QED) is 0.404. The molecule has 0 atom stereocenters. The summed E-state index contributed by atoms with van der Waals surface area (Å²) in [5.41, 5.74) is 3.64. The van der Waals surface area contributed by atoms with Gasteiger partial charge in [-0.25, -0.2) is 19.0 Å². The predicted molar refractivity (Wildman–Crippen MR) is 115 cm³/mol. The van der Waals surface area contributed by atoms with Gasteiger partial charge in [0, 0.05) is 15.6 Å². The zero-order valence-corrected chi connectivity index (χ0v) is 18.6. The van der Waals surface area contributed by atoms with E-state index in [4.69, 9.17) is 9.47 Å². The third-order valence-corrected chi connectivity index (χ3v) is 4.70. The Balaban J connectivity index is 1.90. The van der Waals surface area contributed by atoms with Crippen LogP contribution < -0.4 is 20.9 Å². The number of hydrazine groups is 1. The number of ether oxygens (including phenoxy) is 2. The fraction of sp³-hybridized carbons (Fsp3) is 0.300. The number of halogens is 3. The number of hydrogen-bond donors (Lipinski definition) is 3. The second kappa shape index (κ2) is 8.62. The molecule has 0 radical (unpaired) electrons. The van der Waals surface area contributed by atoms with Gasteiger partial charge >= 0.3 is 6.09 Å². The van der Waals surface area contributed by atoms with Crippen molar-refractivity contribution in [3.63, 3.8) is 0 Å². The molecule has 2 amide bonds. The van der Waals surface area contributed by atoms with Gasteiger partial charge in [0.2, 0.25) is 0 Å². The van der Waals surface area contributed by atoms with Crippen LogP contribution in [0.25, 0.3) is 0 Å². The molecule has 0 fully saturated rings. The molecule has 3 rings (SSSR count). The van der Waals surface area contributed by atoms with E-state index in [1.165, 1.54) is 18.2 Å². The van der Waals surface area contributed by atoms with Gasteiger partial charge in [-0.05, 0) is 67.6 Å². The predicted octanol–water partition coefficient (Wildman–Crippen LogP) is 4.42. The van der Waals surface area contributed by atoms with Gasteiger partial charge in [0.15, 0.2) is 11.6 Å². The molecule has 3 N–H and O–H groups in total. The highest BCUT2D eigenvalue weighted by molar-refractivity contribution is 14.1. The van der Waals surface area contributed by atoms with Gasteiger partial charge < -0.3 is 14.8 Å². The van der Waals surface area contributed by atoms with Crippen molar-refractivity contribution in [3.8, 4) is 5.75 Å². The van der Waals surface area contributed by atoms with Gasteiger partial charge in [-0.2, -0.15) is 0 Å². The molecular weight excluding hydrogens is 511 g/mol. The van der Waals surface area contributed by atoms with Crippen LogP contribution in [0.4, 0.5) is 25.0 Å². The van der Waals surface area contributed by atoms with Gasteiger partial charge in [-0.1, -0.05) is 0 Å². The van der Waals surface area contributed by atoms with Crippen LogP contribution in [0.1, 0.15) is 36.7 Å². The van der Waals surface area contributed by atoms with Crippen LogP contribution in [0, 0.1) is 15.2 Å². The van der Waals surface area contributed by atoms with Crippen molar-refractivity contribution in [1.82, 2.24) is 10.9 Å². The Hall–Kier alpha value is -2.63. The SMILES string of the molecule is CC(C)(C)OC(=O)NNC(=O)c1cc2c(c(F)c1Nc1ccc(I)cc1F)OCC2. The smallest absolute Gasteiger partial charge is 0.426 e. The topological polar surface area (TPSA) is 88.7 Å². The first-order chi connectivity index (χ1) is 14.0. The van der Waals surface area contributed by atoms with E-state index in [1.54, 1.807) is 26.8 Å². The Morgan fingerprint density at radius 2 is 1.90 bits per heavy atom. The number of benzene rings is 2. The van der Waals surface area contributed by atoms with Crippen LogP contribution in [-0.2, 0) is 11.2 Å². The molecule has 0 aromatic heterocycles. The second-order valence-corrected chi connectivity index (χ2v) is 8.78. The van der Waals surface area contributed by atoms with E-state index >= 15 is 4.39 Å². The first kappa shape index (κ1) is 22.1. The summed E-state index contributed by atoms with van der Waals surface area (Å²) in [6.45, 7) is 5.27. The lowest BCUT2D eigenvalue weighted by atomic mass is 10.0. The summed E-state index contributed by atoms with van der Waals surface area (Å²) < 4.78 is 40.4. The second-order valence-electron chi connectivity index (χ2n) is 7.53. The molecule has 2 aromatic carbocycles. The van der Waals surface area contributed by atoms with Crippen molar-refractivity contribution in [2.24, 2.45) is 0 Å². The van der Waals surface area contributed by atoms with E-state index < -0.39 is 29.2 Å². The number of nitrogens with one attached hydrogen (secondary N) is 3. The summed E-state index contributed by atoms with van der Waals surface area (Å²) in [6, 6.07) is 5.79. The maximum atomic E-state index is 15.1. The number of carbonyl (C=O) groups excluding carboxylic acids is 2. The minimum atomic E-state index is -0.876. The lowest BCUT2D eigenvalue weighted by Gasteiger charge is -2.20. The molecule has 1 heterocycles. The van der Waals surface area contributed by atoms with Crippen LogP contribution in [0.2, 0.25) is 0 Å². The van der Waals surface area contributed by atoms with E-state index in [2.05, 4.69) is 16.2 Å². The molecule has 7 nitrogen and oxygen atoms in total. The zero-order valence-electron chi connectivity index (χ0n) is 16.5. The average molecular weight is 531 g/mol. The van der Waals surface area contributed by atoms with Crippen molar-refractivity contribution in [1.29, 1.82) is 0 Å². The lowest BCUT2D eigenvalue weighted by molar-refractivity contribution is 0.0483.